The van der Waals surface area contributed by atoms with Gasteiger partial charge in [-0.3, -0.25) is 10.7 Å². The Balaban J connectivity index is 3.01. The average Bonchev–Trinajstić information content (AvgIpc) is 2.00. The first-order valence-corrected chi connectivity index (χ1v) is 3.84. The molecular weight excluding hydrogens is 221 g/mol. The Morgan fingerprint density at radius 3 is 2.27 bits per heavy atom. The summed E-state index contributed by atoms with van der Waals surface area (Å²) in [7, 11) is 0. The van der Waals surface area contributed by atoms with Crippen molar-refractivity contribution in [2.45, 2.75) is 24.8 Å². The minimum absolute atomic E-state index is 0.544. The molecule has 3 nitrogen and oxygen atoms in total. The summed E-state index contributed by atoms with van der Waals surface area (Å²) in [6.07, 6.45) is -4.30. The molecule has 0 aromatic rings. The molecule has 0 aromatic carbocycles. The van der Waals surface area contributed by atoms with Gasteiger partial charge in [0.1, 0.15) is 0 Å². The van der Waals surface area contributed by atoms with Gasteiger partial charge >= 0.3 is 12.1 Å². The SMILES string of the molecule is CC1(N)N=CC=C(C(F)(F)C(F)(F)F)N1. The molecule has 0 fully saturated rings. The van der Waals surface area contributed by atoms with Crippen LogP contribution in [0.2, 0.25) is 0 Å². The number of rotatable bonds is 1. The van der Waals surface area contributed by atoms with E-state index in [4.69, 9.17) is 5.73 Å². The Morgan fingerprint density at radius 2 is 1.87 bits per heavy atom. The van der Waals surface area contributed by atoms with Crippen molar-refractivity contribution >= 4 is 6.21 Å². The fraction of sp³-hybridized carbons (Fsp3) is 0.571. The molecule has 0 amide bonds. The van der Waals surface area contributed by atoms with E-state index in [0.29, 0.717) is 6.08 Å². The third-order valence-electron chi connectivity index (χ3n) is 1.67. The van der Waals surface area contributed by atoms with Crippen LogP contribution in [-0.4, -0.2) is 24.1 Å². The number of halogens is 5. The Morgan fingerprint density at radius 1 is 1.33 bits per heavy atom. The van der Waals surface area contributed by atoms with Gasteiger partial charge in [-0.25, -0.2) is 0 Å². The molecule has 15 heavy (non-hydrogen) atoms. The molecule has 0 bridgehead atoms. The van der Waals surface area contributed by atoms with Gasteiger partial charge in [0.25, 0.3) is 0 Å². The summed E-state index contributed by atoms with van der Waals surface area (Å²) >= 11 is 0. The van der Waals surface area contributed by atoms with E-state index >= 15 is 0 Å². The summed E-state index contributed by atoms with van der Waals surface area (Å²) in [4.78, 5) is 3.47. The summed E-state index contributed by atoms with van der Waals surface area (Å²) < 4.78 is 61.4. The average molecular weight is 229 g/mol. The zero-order valence-corrected chi connectivity index (χ0v) is 7.57. The van der Waals surface area contributed by atoms with Gasteiger partial charge in [0.2, 0.25) is 0 Å². The van der Waals surface area contributed by atoms with Crippen LogP contribution in [0.15, 0.2) is 16.8 Å². The number of hydrogen-bond donors (Lipinski definition) is 2. The molecule has 0 aliphatic carbocycles. The molecule has 0 spiro atoms. The number of nitrogens with one attached hydrogen (secondary N) is 1. The maximum atomic E-state index is 12.8. The molecule has 0 saturated heterocycles. The maximum absolute atomic E-state index is 12.8. The van der Waals surface area contributed by atoms with Crippen LogP contribution in [0.4, 0.5) is 22.0 Å². The molecular formula is C7H8F5N3. The lowest BCUT2D eigenvalue weighted by atomic mass is 10.1. The van der Waals surface area contributed by atoms with Crippen molar-refractivity contribution in [3.63, 3.8) is 0 Å². The zero-order valence-electron chi connectivity index (χ0n) is 7.57. The van der Waals surface area contributed by atoms with Gasteiger partial charge in [-0.2, -0.15) is 22.0 Å². The maximum Gasteiger partial charge on any atom is 0.459 e. The first-order valence-electron chi connectivity index (χ1n) is 3.84. The second kappa shape index (κ2) is 3.16. The van der Waals surface area contributed by atoms with Crippen molar-refractivity contribution in [3.05, 3.63) is 11.8 Å². The predicted molar refractivity (Wildman–Crippen MR) is 43.3 cm³/mol. The highest BCUT2D eigenvalue weighted by atomic mass is 19.4. The van der Waals surface area contributed by atoms with E-state index in [1.807, 2.05) is 5.32 Å². The highest BCUT2D eigenvalue weighted by Crippen LogP contribution is 2.40. The van der Waals surface area contributed by atoms with Gasteiger partial charge in [-0.05, 0) is 13.0 Å². The molecule has 1 rings (SSSR count). The van der Waals surface area contributed by atoms with Crippen molar-refractivity contribution in [2.75, 3.05) is 0 Å². The topological polar surface area (TPSA) is 50.4 Å². The van der Waals surface area contributed by atoms with Gasteiger partial charge in [0.15, 0.2) is 5.79 Å². The van der Waals surface area contributed by atoms with Gasteiger partial charge in [-0.15, -0.1) is 0 Å². The molecule has 1 atom stereocenters. The van der Waals surface area contributed by atoms with Gasteiger partial charge < -0.3 is 5.32 Å². The standard InChI is InChI=1S/C7H8F5N3/c1-5(13)14-3-2-4(15-5)6(8,9)7(10,11)12/h2-3,15H,13H2,1H3. The number of allylic oxidation sites excluding steroid dienone is 2. The molecule has 1 aliphatic heterocycles. The highest BCUT2D eigenvalue weighted by Gasteiger charge is 2.61. The Bertz CT molecular complexity index is 315. The van der Waals surface area contributed by atoms with Crippen LogP contribution in [0.3, 0.4) is 0 Å². The number of nitrogens with two attached hydrogens (primary N) is 1. The van der Waals surface area contributed by atoms with Gasteiger partial charge in [-0.1, -0.05) is 0 Å². The molecule has 3 N–H and O–H groups in total. The Labute approximate surface area is 81.8 Å². The monoisotopic (exact) mass is 229 g/mol. The Kier molecular flexibility index (Phi) is 2.50. The molecule has 0 saturated carbocycles. The number of alkyl halides is 5. The number of aliphatic imine (C=N–C) groups is 1. The summed E-state index contributed by atoms with van der Waals surface area (Å²) in [6, 6.07) is 0. The van der Waals surface area contributed by atoms with Gasteiger partial charge in [0.05, 0.1) is 5.70 Å². The third-order valence-corrected chi connectivity index (χ3v) is 1.67. The van der Waals surface area contributed by atoms with E-state index in [1.54, 1.807) is 0 Å². The van der Waals surface area contributed by atoms with E-state index in [9.17, 15) is 22.0 Å². The predicted octanol–water partition coefficient (Wildman–Crippen LogP) is 1.37. The van der Waals surface area contributed by atoms with Crippen LogP contribution in [0.25, 0.3) is 0 Å². The summed E-state index contributed by atoms with van der Waals surface area (Å²) in [5.41, 5.74) is 3.95. The first-order chi connectivity index (χ1) is 6.56. The van der Waals surface area contributed by atoms with Crippen LogP contribution < -0.4 is 11.1 Å². The number of hydrogen-bond acceptors (Lipinski definition) is 3. The molecule has 0 aromatic heterocycles. The molecule has 1 heterocycles. The second-order valence-corrected chi connectivity index (χ2v) is 3.20. The van der Waals surface area contributed by atoms with E-state index in [2.05, 4.69) is 4.99 Å². The minimum atomic E-state index is -5.66. The van der Waals surface area contributed by atoms with E-state index < -0.39 is 23.6 Å². The smallest absolute Gasteiger partial charge is 0.348 e. The van der Waals surface area contributed by atoms with Crippen molar-refractivity contribution in [1.82, 2.24) is 5.32 Å². The van der Waals surface area contributed by atoms with Gasteiger partial charge in [0, 0.05) is 6.21 Å². The van der Waals surface area contributed by atoms with Crippen LogP contribution in [0.5, 0.6) is 0 Å². The lowest BCUT2D eigenvalue weighted by Crippen LogP contribution is -2.55. The molecule has 0 radical (unpaired) electrons. The molecule has 8 heteroatoms. The molecule has 86 valence electrons. The second-order valence-electron chi connectivity index (χ2n) is 3.20. The minimum Gasteiger partial charge on any atom is -0.348 e. The lowest BCUT2D eigenvalue weighted by Gasteiger charge is -2.31. The van der Waals surface area contributed by atoms with Crippen molar-refractivity contribution in [2.24, 2.45) is 10.7 Å². The largest absolute Gasteiger partial charge is 0.459 e. The van der Waals surface area contributed by atoms with Crippen LogP contribution in [0.1, 0.15) is 6.92 Å². The lowest BCUT2D eigenvalue weighted by molar-refractivity contribution is -0.266. The Hall–Kier alpha value is -1.18. The van der Waals surface area contributed by atoms with Crippen molar-refractivity contribution in [1.29, 1.82) is 0 Å². The molecule has 1 aliphatic rings. The molecule has 1 unspecified atom stereocenters. The summed E-state index contributed by atoms with van der Waals surface area (Å²) in [5, 5.41) is 1.81. The van der Waals surface area contributed by atoms with Crippen molar-refractivity contribution < 1.29 is 22.0 Å². The van der Waals surface area contributed by atoms with E-state index in [0.717, 1.165) is 6.21 Å². The highest BCUT2D eigenvalue weighted by molar-refractivity contribution is 5.74. The fourth-order valence-electron chi connectivity index (χ4n) is 0.949. The van der Waals surface area contributed by atoms with Crippen LogP contribution in [-0.2, 0) is 0 Å². The third kappa shape index (κ3) is 2.25. The van der Waals surface area contributed by atoms with E-state index in [1.165, 1.54) is 6.92 Å². The summed E-state index contributed by atoms with van der Waals surface area (Å²) in [6.45, 7) is 1.17. The first kappa shape index (κ1) is 11.9. The van der Waals surface area contributed by atoms with Crippen LogP contribution in [0, 0.1) is 0 Å². The number of nitrogens with zero attached hydrogens (tertiary/aromatic N) is 1. The van der Waals surface area contributed by atoms with Crippen molar-refractivity contribution in [3.8, 4) is 0 Å². The van der Waals surface area contributed by atoms with Crippen LogP contribution >= 0.6 is 0 Å². The zero-order chi connectivity index (χ0) is 11.9. The van der Waals surface area contributed by atoms with E-state index in [-0.39, 0.29) is 0 Å². The quantitative estimate of drug-likeness (QED) is 0.667. The summed E-state index contributed by atoms with van der Waals surface area (Å²) in [5.74, 6) is -6.61. The fourth-order valence-corrected chi connectivity index (χ4v) is 0.949. The normalized spacial score (nSPS) is 27.3.